The van der Waals surface area contributed by atoms with Gasteiger partial charge in [0.25, 0.3) is 0 Å². The lowest BCUT2D eigenvalue weighted by Crippen LogP contribution is -2.09. The van der Waals surface area contributed by atoms with Crippen molar-refractivity contribution < 1.29 is 19.0 Å². The lowest BCUT2D eigenvalue weighted by atomic mass is 10.0. The molecule has 4 aromatic carbocycles. The monoisotopic (exact) mass is 621 g/mol. The van der Waals surface area contributed by atoms with Crippen LogP contribution in [0.5, 0.6) is 17.2 Å². The Morgan fingerprint density at radius 1 is 0.652 bits per heavy atom. The van der Waals surface area contributed by atoms with Crippen LogP contribution in [0, 0.1) is 0 Å². The molecule has 4 aromatic rings. The van der Waals surface area contributed by atoms with Crippen LogP contribution in [0.15, 0.2) is 89.9 Å². The fourth-order valence-electron chi connectivity index (χ4n) is 5.59. The van der Waals surface area contributed by atoms with Gasteiger partial charge in [0.15, 0.2) is 11.5 Å². The van der Waals surface area contributed by atoms with Crippen LogP contribution in [0.4, 0.5) is 5.69 Å². The maximum Gasteiger partial charge on any atom is 0.343 e. The molecule has 5 nitrogen and oxygen atoms in total. The van der Waals surface area contributed by atoms with Crippen LogP contribution in [-0.4, -0.2) is 25.9 Å². The Hall–Kier alpha value is -4.12. The van der Waals surface area contributed by atoms with Gasteiger partial charge < -0.3 is 14.2 Å². The number of hydrogen-bond donors (Lipinski definition) is 0. The highest BCUT2D eigenvalue weighted by atomic mass is 16.6. The fraction of sp³-hybridized carbons (Fsp3) is 0.415. The number of carbonyl (C=O) groups excluding carboxylic acids is 1. The SMILES string of the molecule is CCCCCCCCCCCCCCCCOc1ccc(C(=O)Oc2ccc(C=Nc3ccc4ccccc4c3)cc2OC)cc1. The van der Waals surface area contributed by atoms with E-state index in [1.54, 1.807) is 37.6 Å². The Bertz CT molecular complexity index is 1490. The van der Waals surface area contributed by atoms with Gasteiger partial charge in [0.2, 0.25) is 0 Å². The molecule has 0 saturated heterocycles. The third-order valence-corrected chi connectivity index (χ3v) is 8.34. The number of aliphatic imine (C=N–C) groups is 1. The Morgan fingerprint density at radius 2 is 1.28 bits per heavy atom. The number of methoxy groups -OCH3 is 1. The summed E-state index contributed by atoms with van der Waals surface area (Å²) in [5.74, 6) is 1.13. The summed E-state index contributed by atoms with van der Waals surface area (Å²) in [6, 6.07) is 26.8. The third kappa shape index (κ3) is 12.0. The molecular formula is C41H51NO4. The van der Waals surface area contributed by atoms with Gasteiger partial charge in [-0.05, 0) is 77.4 Å². The van der Waals surface area contributed by atoms with E-state index in [2.05, 4.69) is 36.2 Å². The van der Waals surface area contributed by atoms with Crippen molar-refractivity contribution >= 4 is 28.6 Å². The number of carbonyl (C=O) groups is 1. The molecule has 0 aromatic heterocycles. The van der Waals surface area contributed by atoms with E-state index in [-0.39, 0.29) is 0 Å². The van der Waals surface area contributed by atoms with Gasteiger partial charge in [0, 0.05) is 6.21 Å². The standard InChI is InChI=1S/C41H51NO4/c1-3-4-5-6-7-8-9-10-11-12-13-14-15-18-29-45-38-26-23-35(24-27-38)41(43)46-39-28-21-33(30-40(39)44-2)32-42-37-25-22-34-19-16-17-20-36(34)31-37/h16-17,19-28,30-32H,3-15,18,29H2,1-2H3. The minimum absolute atomic E-state index is 0.355. The predicted octanol–water partition coefficient (Wildman–Crippen LogP) is 11.7. The van der Waals surface area contributed by atoms with Crippen molar-refractivity contribution in [2.45, 2.75) is 96.8 Å². The van der Waals surface area contributed by atoms with E-state index in [0.29, 0.717) is 23.7 Å². The Labute approximate surface area is 276 Å². The second-order valence-corrected chi connectivity index (χ2v) is 12.1. The molecule has 0 unspecified atom stereocenters. The van der Waals surface area contributed by atoms with Crippen LogP contribution >= 0.6 is 0 Å². The van der Waals surface area contributed by atoms with Crippen LogP contribution < -0.4 is 14.2 Å². The van der Waals surface area contributed by atoms with Crippen LogP contribution in [0.2, 0.25) is 0 Å². The topological polar surface area (TPSA) is 57.1 Å². The van der Waals surface area contributed by atoms with Crippen LogP contribution in [0.25, 0.3) is 10.8 Å². The maximum atomic E-state index is 12.9. The minimum atomic E-state index is -0.450. The molecule has 4 rings (SSSR count). The van der Waals surface area contributed by atoms with E-state index < -0.39 is 5.97 Å². The van der Waals surface area contributed by atoms with Gasteiger partial charge in [-0.1, -0.05) is 121 Å². The van der Waals surface area contributed by atoms with E-state index in [1.807, 2.05) is 36.4 Å². The summed E-state index contributed by atoms with van der Waals surface area (Å²) in [5, 5.41) is 2.32. The highest BCUT2D eigenvalue weighted by Gasteiger charge is 2.13. The second-order valence-electron chi connectivity index (χ2n) is 12.1. The fourth-order valence-corrected chi connectivity index (χ4v) is 5.59. The zero-order chi connectivity index (χ0) is 32.2. The Balaban J connectivity index is 1.12. The molecule has 0 atom stereocenters. The highest BCUT2D eigenvalue weighted by molar-refractivity contribution is 5.92. The molecule has 5 heteroatoms. The summed E-state index contributed by atoms with van der Waals surface area (Å²) in [6.45, 7) is 2.97. The number of fused-ring (bicyclic) bond motifs is 1. The number of unbranched alkanes of at least 4 members (excludes halogenated alkanes) is 13. The molecular weight excluding hydrogens is 570 g/mol. The number of benzene rings is 4. The first kappa shape index (κ1) is 34.7. The van der Waals surface area contributed by atoms with Crippen molar-refractivity contribution in [3.63, 3.8) is 0 Å². The van der Waals surface area contributed by atoms with Gasteiger partial charge >= 0.3 is 5.97 Å². The Morgan fingerprint density at radius 3 is 1.93 bits per heavy atom. The van der Waals surface area contributed by atoms with Crippen LogP contribution in [0.1, 0.15) is 113 Å². The molecule has 0 heterocycles. The van der Waals surface area contributed by atoms with Crippen molar-refractivity contribution in [1.82, 2.24) is 0 Å². The summed E-state index contributed by atoms with van der Waals surface area (Å²) >= 11 is 0. The van der Waals surface area contributed by atoms with E-state index in [0.717, 1.165) is 28.8 Å². The summed E-state index contributed by atoms with van der Waals surface area (Å²) < 4.78 is 17.1. The Kier molecular flexibility index (Phi) is 15.2. The third-order valence-electron chi connectivity index (χ3n) is 8.34. The summed E-state index contributed by atoms with van der Waals surface area (Å²) in [6.07, 6.45) is 20.5. The van der Waals surface area contributed by atoms with Crippen molar-refractivity contribution in [3.8, 4) is 17.2 Å². The molecule has 0 N–H and O–H groups in total. The predicted molar refractivity (Wildman–Crippen MR) is 191 cm³/mol. The number of hydrogen-bond acceptors (Lipinski definition) is 5. The molecule has 46 heavy (non-hydrogen) atoms. The number of rotatable bonds is 21. The van der Waals surface area contributed by atoms with Crippen molar-refractivity contribution in [2.75, 3.05) is 13.7 Å². The zero-order valence-corrected chi connectivity index (χ0v) is 27.8. The first-order valence-electron chi connectivity index (χ1n) is 17.3. The molecule has 0 aliphatic carbocycles. The van der Waals surface area contributed by atoms with Gasteiger partial charge in [-0.2, -0.15) is 0 Å². The lowest BCUT2D eigenvalue weighted by molar-refractivity contribution is 0.0729. The summed E-state index contributed by atoms with van der Waals surface area (Å²) in [4.78, 5) is 17.5. The van der Waals surface area contributed by atoms with E-state index in [4.69, 9.17) is 14.2 Å². The molecule has 0 fully saturated rings. The molecule has 0 amide bonds. The van der Waals surface area contributed by atoms with E-state index in [1.165, 1.54) is 88.9 Å². The first-order chi connectivity index (χ1) is 22.7. The minimum Gasteiger partial charge on any atom is -0.494 e. The molecule has 244 valence electrons. The number of ether oxygens (including phenoxy) is 3. The van der Waals surface area contributed by atoms with Gasteiger partial charge in [-0.3, -0.25) is 4.99 Å². The maximum absolute atomic E-state index is 12.9. The van der Waals surface area contributed by atoms with Crippen molar-refractivity contribution in [1.29, 1.82) is 0 Å². The molecule has 0 spiro atoms. The van der Waals surface area contributed by atoms with Gasteiger partial charge in [-0.15, -0.1) is 0 Å². The second kappa shape index (κ2) is 20.1. The highest BCUT2D eigenvalue weighted by Crippen LogP contribution is 2.29. The normalized spacial score (nSPS) is 11.3. The van der Waals surface area contributed by atoms with Crippen molar-refractivity contribution in [3.05, 3.63) is 96.1 Å². The lowest BCUT2D eigenvalue weighted by Gasteiger charge is -2.11. The average molecular weight is 622 g/mol. The quantitative estimate of drug-likeness (QED) is 0.0402. The van der Waals surface area contributed by atoms with Crippen molar-refractivity contribution in [2.24, 2.45) is 4.99 Å². The summed E-state index contributed by atoms with van der Waals surface area (Å²) in [7, 11) is 1.56. The molecule has 0 saturated carbocycles. The number of esters is 1. The van der Waals surface area contributed by atoms with E-state index in [9.17, 15) is 4.79 Å². The molecule has 0 aliphatic heterocycles. The largest absolute Gasteiger partial charge is 0.494 e. The smallest absolute Gasteiger partial charge is 0.343 e. The van der Waals surface area contributed by atoms with Crippen LogP contribution in [-0.2, 0) is 0 Å². The molecule has 0 bridgehead atoms. The average Bonchev–Trinajstić information content (AvgIpc) is 3.09. The molecule has 0 aliphatic rings. The summed E-state index contributed by atoms with van der Waals surface area (Å²) in [5.41, 5.74) is 2.15. The van der Waals surface area contributed by atoms with Gasteiger partial charge in [0.05, 0.1) is 25.0 Å². The van der Waals surface area contributed by atoms with Gasteiger partial charge in [0.1, 0.15) is 5.75 Å². The zero-order valence-electron chi connectivity index (χ0n) is 27.8. The van der Waals surface area contributed by atoms with Gasteiger partial charge in [-0.25, -0.2) is 4.79 Å². The molecule has 0 radical (unpaired) electrons. The number of nitrogens with zero attached hydrogens (tertiary/aromatic N) is 1. The first-order valence-corrected chi connectivity index (χ1v) is 17.3. The van der Waals surface area contributed by atoms with E-state index >= 15 is 0 Å². The van der Waals surface area contributed by atoms with Crippen LogP contribution in [0.3, 0.4) is 0 Å².